The van der Waals surface area contributed by atoms with E-state index in [0.29, 0.717) is 38.3 Å². The highest BCUT2D eigenvalue weighted by atomic mass is 127. The van der Waals surface area contributed by atoms with Gasteiger partial charge in [-0.2, -0.15) is 26.3 Å². The first kappa shape index (κ1) is 39.1. The smallest absolute Gasteiger partial charge is 0.416 e. The lowest BCUT2D eigenvalue weighted by Crippen LogP contribution is -2.40. The zero-order valence-corrected chi connectivity index (χ0v) is 29.9. The first-order valence-electron chi connectivity index (χ1n) is 16.0. The number of methoxy groups -OCH3 is 1. The van der Waals surface area contributed by atoms with E-state index in [4.69, 9.17) is 9.47 Å². The van der Waals surface area contributed by atoms with Gasteiger partial charge in [0.2, 0.25) is 11.8 Å². The number of aromatic hydroxyl groups is 1. The fourth-order valence-electron chi connectivity index (χ4n) is 6.81. The monoisotopic (exact) mass is 845 g/mol. The summed E-state index contributed by atoms with van der Waals surface area (Å²) in [4.78, 5) is 28.1. The van der Waals surface area contributed by atoms with Crippen molar-refractivity contribution in [3.63, 3.8) is 0 Å². The molecule has 8 nitrogen and oxygen atoms in total. The van der Waals surface area contributed by atoms with Crippen LogP contribution in [-0.4, -0.2) is 53.6 Å². The van der Waals surface area contributed by atoms with Gasteiger partial charge in [-0.25, -0.2) is 4.90 Å². The van der Waals surface area contributed by atoms with Crippen LogP contribution in [0.3, 0.4) is 0 Å². The standard InChI is InChI=1S/C37H34F6INO7/c1-19(10-20-11-28(44)33(48)30(12-20)51-2)8-9-29(47)31-21(18-52-25-6-4-3-5-7-25)13-26-32(27(31)17-46)35(50)45(34(26)49)24-15-22(36(38,39)40)14-23(16-24)37(41,42)43/h3-7,10-12,14-16,26-27,29,32,46-48H,8-9,13,17-18H2,1-2H3/b19-10+/t26-,27+,29-,32-/m1/s1. The van der Waals surface area contributed by atoms with Gasteiger partial charge >= 0.3 is 12.4 Å². The number of allylic oxidation sites excluding steroid dienone is 1. The van der Waals surface area contributed by atoms with Gasteiger partial charge in [-0.15, -0.1) is 0 Å². The molecule has 1 aliphatic heterocycles. The minimum Gasteiger partial charge on any atom is -0.504 e. The number of amides is 2. The molecule has 15 heteroatoms. The molecular formula is C37H34F6INO7. The molecule has 2 aliphatic rings. The Labute approximate surface area is 308 Å². The van der Waals surface area contributed by atoms with E-state index in [9.17, 15) is 51.3 Å². The van der Waals surface area contributed by atoms with E-state index in [-0.39, 0.29) is 42.6 Å². The molecule has 1 heterocycles. The molecule has 52 heavy (non-hydrogen) atoms. The third kappa shape index (κ3) is 8.26. The van der Waals surface area contributed by atoms with Crippen LogP contribution in [0.15, 0.2) is 77.4 Å². The van der Waals surface area contributed by atoms with E-state index >= 15 is 0 Å². The summed E-state index contributed by atoms with van der Waals surface area (Å²) in [5.74, 6) is -5.25. The van der Waals surface area contributed by atoms with Crippen LogP contribution in [0.5, 0.6) is 17.2 Å². The molecule has 0 radical (unpaired) electrons. The Balaban J connectivity index is 1.49. The Morgan fingerprint density at radius 1 is 1.00 bits per heavy atom. The number of halogens is 7. The van der Waals surface area contributed by atoms with E-state index in [1.165, 1.54) is 7.11 Å². The number of carbonyl (C=O) groups is 2. The number of para-hydroxylation sites is 1. The number of nitrogens with zero attached hydrogens (tertiary/aromatic N) is 1. The highest BCUT2D eigenvalue weighted by Crippen LogP contribution is 2.49. The van der Waals surface area contributed by atoms with E-state index in [2.05, 4.69) is 0 Å². The number of imide groups is 1. The number of rotatable bonds is 11. The van der Waals surface area contributed by atoms with Gasteiger partial charge in [-0.05, 0) is 108 Å². The zero-order valence-electron chi connectivity index (χ0n) is 27.8. The van der Waals surface area contributed by atoms with Crippen molar-refractivity contribution < 1.29 is 60.7 Å². The molecule has 1 fully saturated rings. The molecule has 3 aromatic rings. The number of anilines is 1. The lowest BCUT2D eigenvalue weighted by molar-refractivity contribution is -0.143. The van der Waals surface area contributed by atoms with Crippen molar-refractivity contribution in [1.82, 2.24) is 0 Å². The van der Waals surface area contributed by atoms with E-state index < -0.39 is 71.4 Å². The SMILES string of the molecule is COc1cc(/C=C(\C)CC[C@@H](O)C2=C(COc3ccccc3)C[C@H]3C(=O)N(c4cc(C(F)(F)F)cc(C(F)(F)F)c4)C(=O)[C@H]3[C@H]2CO)cc(I)c1O. The summed E-state index contributed by atoms with van der Waals surface area (Å²) in [5, 5.41) is 32.5. The molecule has 3 aromatic carbocycles. The predicted octanol–water partition coefficient (Wildman–Crippen LogP) is 7.78. The molecule has 0 spiro atoms. The third-order valence-corrected chi connectivity index (χ3v) is 10.0. The Kier molecular flexibility index (Phi) is 11.7. The van der Waals surface area contributed by atoms with Gasteiger partial charge in [0.25, 0.3) is 0 Å². The van der Waals surface area contributed by atoms with Gasteiger partial charge in [0.15, 0.2) is 11.5 Å². The van der Waals surface area contributed by atoms with Crippen LogP contribution in [0.2, 0.25) is 0 Å². The van der Waals surface area contributed by atoms with Crippen LogP contribution >= 0.6 is 22.6 Å². The van der Waals surface area contributed by atoms with Gasteiger partial charge < -0.3 is 24.8 Å². The maximum atomic E-state index is 13.9. The number of phenolic OH excluding ortho intramolecular Hbond substituents is 1. The average Bonchev–Trinajstić information content (AvgIpc) is 3.34. The Hall–Kier alpha value is -4.09. The minimum absolute atomic E-state index is 0.0106. The normalized spacial score (nSPS) is 20.3. The molecule has 0 aromatic heterocycles. The number of carbonyl (C=O) groups excluding carboxylic acids is 2. The van der Waals surface area contributed by atoms with Crippen molar-refractivity contribution in [2.75, 3.05) is 25.2 Å². The topological polar surface area (TPSA) is 117 Å². The van der Waals surface area contributed by atoms with Crippen molar-refractivity contribution in [3.8, 4) is 17.2 Å². The fourth-order valence-corrected chi connectivity index (χ4v) is 7.44. The first-order chi connectivity index (χ1) is 24.4. The van der Waals surface area contributed by atoms with Gasteiger partial charge in [-0.1, -0.05) is 29.8 Å². The summed E-state index contributed by atoms with van der Waals surface area (Å²) in [6.45, 7) is 0.876. The molecule has 278 valence electrons. The maximum Gasteiger partial charge on any atom is 0.416 e. The lowest BCUT2D eigenvalue weighted by Gasteiger charge is -2.36. The second-order valence-corrected chi connectivity index (χ2v) is 13.8. The molecule has 0 unspecified atom stereocenters. The van der Waals surface area contributed by atoms with Crippen molar-refractivity contribution in [2.45, 2.75) is 44.6 Å². The molecule has 4 atom stereocenters. The Morgan fingerprint density at radius 2 is 1.63 bits per heavy atom. The predicted molar refractivity (Wildman–Crippen MR) is 186 cm³/mol. The van der Waals surface area contributed by atoms with Crippen LogP contribution in [0.1, 0.15) is 42.9 Å². The molecule has 5 rings (SSSR count). The number of fused-ring (bicyclic) bond motifs is 1. The van der Waals surface area contributed by atoms with Crippen molar-refractivity contribution in [2.24, 2.45) is 17.8 Å². The van der Waals surface area contributed by atoms with Crippen LogP contribution in [-0.2, 0) is 21.9 Å². The van der Waals surface area contributed by atoms with Crippen molar-refractivity contribution in [1.29, 1.82) is 0 Å². The zero-order chi connectivity index (χ0) is 38.1. The van der Waals surface area contributed by atoms with E-state index in [1.54, 1.807) is 42.5 Å². The number of hydrogen-bond donors (Lipinski definition) is 3. The average molecular weight is 846 g/mol. The van der Waals surface area contributed by atoms with Gasteiger partial charge in [0.05, 0.1) is 52.0 Å². The molecule has 3 N–H and O–H groups in total. The first-order valence-corrected chi connectivity index (χ1v) is 17.1. The van der Waals surface area contributed by atoms with Gasteiger partial charge in [0, 0.05) is 5.92 Å². The molecule has 1 aliphatic carbocycles. The summed E-state index contributed by atoms with van der Waals surface area (Å²) in [6, 6.07) is 12.4. The molecular weight excluding hydrogens is 811 g/mol. The third-order valence-electron chi connectivity index (χ3n) is 9.22. The maximum absolute atomic E-state index is 13.9. The molecule has 2 amide bonds. The van der Waals surface area contributed by atoms with Crippen LogP contribution in [0.4, 0.5) is 32.0 Å². The van der Waals surface area contributed by atoms with Gasteiger partial charge in [-0.3, -0.25) is 9.59 Å². The van der Waals surface area contributed by atoms with E-state index in [1.807, 2.05) is 35.6 Å². The van der Waals surface area contributed by atoms with Crippen molar-refractivity contribution in [3.05, 3.63) is 97.6 Å². The summed E-state index contributed by atoms with van der Waals surface area (Å²) in [6.07, 6.45) is -9.70. The number of alkyl halides is 6. The molecule has 1 saturated heterocycles. The summed E-state index contributed by atoms with van der Waals surface area (Å²) >= 11 is 1.96. The number of aliphatic hydroxyl groups is 2. The lowest BCUT2D eigenvalue weighted by atomic mass is 9.68. The molecule has 0 saturated carbocycles. The van der Waals surface area contributed by atoms with Crippen LogP contribution in [0.25, 0.3) is 6.08 Å². The van der Waals surface area contributed by atoms with E-state index in [0.717, 1.165) is 11.1 Å². The van der Waals surface area contributed by atoms with Crippen molar-refractivity contribution >= 4 is 46.2 Å². The number of benzene rings is 3. The van der Waals surface area contributed by atoms with Gasteiger partial charge in [0.1, 0.15) is 12.4 Å². The quantitative estimate of drug-likeness (QED) is 0.0782. The number of hydrogen-bond acceptors (Lipinski definition) is 7. The fraction of sp³-hybridized carbons (Fsp3) is 0.351. The summed E-state index contributed by atoms with van der Waals surface area (Å²) in [7, 11) is 1.42. The Bertz CT molecular complexity index is 1860. The number of ether oxygens (including phenoxy) is 2. The number of phenols is 1. The molecule has 0 bridgehead atoms. The Morgan fingerprint density at radius 3 is 2.21 bits per heavy atom. The highest BCUT2D eigenvalue weighted by Gasteiger charge is 2.56. The summed E-state index contributed by atoms with van der Waals surface area (Å²) in [5.41, 5.74) is -2.16. The van der Waals surface area contributed by atoms with Crippen LogP contribution in [0, 0.1) is 21.3 Å². The minimum atomic E-state index is -5.22. The second kappa shape index (κ2) is 15.5. The largest absolute Gasteiger partial charge is 0.504 e. The highest BCUT2D eigenvalue weighted by molar-refractivity contribution is 14.1. The number of aliphatic hydroxyl groups excluding tert-OH is 2. The summed E-state index contributed by atoms with van der Waals surface area (Å²) < 4.78 is 94.0. The van der Waals surface area contributed by atoms with Crippen LogP contribution < -0.4 is 14.4 Å². The second-order valence-electron chi connectivity index (χ2n) is 12.7.